The Hall–Kier alpha value is -4.36. The molecule has 0 spiro atoms. The van der Waals surface area contributed by atoms with Crippen molar-refractivity contribution in [3.8, 4) is 22.5 Å². The summed E-state index contributed by atoms with van der Waals surface area (Å²) in [4.78, 5) is 52.6. The molecule has 1 aliphatic heterocycles. The maximum Gasteiger partial charge on any atom is 0.303 e. The number of nitrogens with zero attached hydrogens (tertiary/aromatic N) is 3. The molecule has 1 saturated heterocycles. The van der Waals surface area contributed by atoms with Crippen LogP contribution in [0, 0.1) is 0 Å². The summed E-state index contributed by atoms with van der Waals surface area (Å²) in [6.07, 6.45) is -4.90. The van der Waals surface area contributed by atoms with Gasteiger partial charge in [0.05, 0.1) is 0 Å². The monoisotopic (exact) mass is 595 g/mol. The molecule has 1 aromatic heterocycles. The van der Waals surface area contributed by atoms with E-state index in [0.717, 1.165) is 36.7 Å². The van der Waals surface area contributed by atoms with Crippen molar-refractivity contribution < 1.29 is 42.9 Å². The van der Waals surface area contributed by atoms with Gasteiger partial charge in [-0.05, 0) is 11.8 Å². The Balaban J connectivity index is 1.76. The average Bonchev–Trinajstić information content (AvgIpc) is 2.95. The highest BCUT2D eigenvalue weighted by Gasteiger charge is 2.52. The largest absolute Gasteiger partial charge is 0.463 e. The molecule has 0 aliphatic carbocycles. The van der Waals surface area contributed by atoms with Crippen LogP contribution in [0.3, 0.4) is 0 Å². The molecule has 2 heterocycles. The third-order valence-electron chi connectivity index (χ3n) is 5.93. The minimum absolute atomic E-state index is 0.162. The molecular weight excluding hydrogens is 566 g/mol. The summed E-state index contributed by atoms with van der Waals surface area (Å²) in [7, 11) is 0. The number of hydrogen-bond donors (Lipinski definition) is 0. The van der Waals surface area contributed by atoms with Gasteiger partial charge in [0.15, 0.2) is 23.7 Å². The van der Waals surface area contributed by atoms with E-state index in [1.807, 2.05) is 60.7 Å². The normalized spacial score (nSPS) is 21.6. The van der Waals surface area contributed by atoms with Crippen LogP contribution in [-0.4, -0.2) is 75.5 Å². The van der Waals surface area contributed by atoms with E-state index in [2.05, 4.69) is 10.2 Å². The van der Waals surface area contributed by atoms with Crippen molar-refractivity contribution in [1.29, 1.82) is 0 Å². The molecule has 42 heavy (non-hydrogen) atoms. The molecule has 0 unspecified atom stereocenters. The average molecular weight is 596 g/mol. The molecule has 0 radical (unpaired) electrons. The first kappa shape index (κ1) is 30.6. The highest BCUT2D eigenvalue weighted by Crippen LogP contribution is 2.38. The molecule has 220 valence electrons. The van der Waals surface area contributed by atoms with Gasteiger partial charge in [-0.1, -0.05) is 60.7 Å². The molecule has 4 rings (SSSR count). The van der Waals surface area contributed by atoms with Gasteiger partial charge < -0.3 is 23.7 Å². The van der Waals surface area contributed by atoms with E-state index in [1.165, 1.54) is 13.8 Å². The Labute approximate surface area is 246 Å². The fourth-order valence-corrected chi connectivity index (χ4v) is 5.32. The summed E-state index contributed by atoms with van der Waals surface area (Å²) in [5.41, 5.74) is 1.60. The predicted molar refractivity (Wildman–Crippen MR) is 149 cm³/mol. The Bertz CT molecular complexity index is 1420. The van der Waals surface area contributed by atoms with Crippen LogP contribution in [0.15, 0.2) is 65.8 Å². The fourth-order valence-electron chi connectivity index (χ4n) is 4.34. The van der Waals surface area contributed by atoms with Crippen molar-refractivity contribution in [1.82, 2.24) is 15.2 Å². The number of ether oxygens (including phenoxy) is 5. The second-order valence-corrected chi connectivity index (χ2v) is 10.3. The van der Waals surface area contributed by atoms with E-state index in [9.17, 15) is 19.2 Å². The van der Waals surface area contributed by atoms with Crippen molar-refractivity contribution in [3.05, 3.63) is 60.7 Å². The third-order valence-corrected chi connectivity index (χ3v) is 6.93. The first-order valence-electron chi connectivity index (χ1n) is 12.9. The number of thioether (sulfide) groups is 1. The number of carbonyl (C=O) groups excluding carboxylic acids is 4. The van der Waals surface area contributed by atoms with Gasteiger partial charge in [0.25, 0.3) is 0 Å². The second kappa shape index (κ2) is 14.0. The van der Waals surface area contributed by atoms with Gasteiger partial charge in [0, 0.05) is 38.8 Å². The van der Waals surface area contributed by atoms with Crippen molar-refractivity contribution in [2.24, 2.45) is 0 Å². The van der Waals surface area contributed by atoms with Gasteiger partial charge in [0.2, 0.25) is 5.16 Å². The lowest BCUT2D eigenvalue weighted by molar-refractivity contribution is -0.237. The molecule has 0 saturated carbocycles. The Kier molecular flexibility index (Phi) is 10.2. The molecule has 0 bridgehead atoms. The highest BCUT2D eigenvalue weighted by atomic mass is 32.2. The number of esters is 4. The van der Waals surface area contributed by atoms with Gasteiger partial charge in [-0.15, -0.1) is 10.2 Å². The Morgan fingerprint density at radius 2 is 1.21 bits per heavy atom. The molecule has 0 amide bonds. The number of hydrogen-bond acceptors (Lipinski definition) is 13. The molecule has 13 heteroatoms. The van der Waals surface area contributed by atoms with Crippen LogP contribution in [-0.2, 0) is 42.9 Å². The molecule has 1 aliphatic rings. The Morgan fingerprint density at radius 1 is 0.690 bits per heavy atom. The van der Waals surface area contributed by atoms with Crippen LogP contribution in [0.5, 0.6) is 0 Å². The molecule has 0 N–H and O–H groups in total. The van der Waals surface area contributed by atoms with Crippen molar-refractivity contribution in [2.75, 3.05) is 6.61 Å². The predicted octanol–water partition coefficient (Wildman–Crippen LogP) is 3.38. The van der Waals surface area contributed by atoms with Crippen molar-refractivity contribution in [3.63, 3.8) is 0 Å². The minimum Gasteiger partial charge on any atom is -0.463 e. The van der Waals surface area contributed by atoms with E-state index in [0.29, 0.717) is 11.4 Å². The second-order valence-electron chi connectivity index (χ2n) is 9.21. The summed E-state index contributed by atoms with van der Waals surface area (Å²) in [5.74, 6) is -2.73. The zero-order valence-corrected chi connectivity index (χ0v) is 24.1. The molecule has 2 aromatic carbocycles. The van der Waals surface area contributed by atoms with Crippen molar-refractivity contribution in [2.45, 2.75) is 62.7 Å². The minimum atomic E-state index is -1.30. The molecule has 12 nitrogen and oxygen atoms in total. The van der Waals surface area contributed by atoms with E-state index < -0.39 is 53.7 Å². The quantitative estimate of drug-likeness (QED) is 0.263. The lowest BCUT2D eigenvalue weighted by Gasteiger charge is -2.43. The SMILES string of the molecule is CC(=O)OC[C@H]1O[C@@H](Sc2nnc(-c3ccccc3)c(-c3ccccc3)n2)[C@@H](OC(C)=O)[C@@H](OC(C)=O)[C@@H]1OC(C)=O. The lowest BCUT2D eigenvalue weighted by atomic mass is 9.99. The van der Waals surface area contributed by atoms with E-state index in [-0.39, 0.29) is 11.8 Å². The smallest absolute Gasteiger partial charge is 0.303 e. The molecule has 1 fully saturated rings. The zero-order chi connectivity index (χ0) is 30.2. The summed E-state index contributed by atoms with van der Waals surface area (Å²) >= 11 is 0.961. The number of carbonyl (C=O) groups is 4. The summed E-state index contributed by atoms with van der Waals surface area (Å²) in [5, 5.41) is 8.92. The van der Waals surface area contributed by atoms with Gasteiger partial charge in [-0.2, -0.15) is 0 Å². The first-order chi connectivity index (χ1) is 20.1. The summed E-state index contributed by atoms with van der Waals surface area (Å²) < 4.78 is 27.8. The number of aromatic nitrogens is 3. The van der Waals surface area contributed by atoms with Crippen LogP contribution in [0.25, 0.3) is 22.5 Å². The van der Waals surface area contributed by atoms with E-state index >= 15 is 0 Å². The number of rotatable bonds is 9. The molecular formula is C29H29N3O9S. The summed E-state index contributed by atoms with van der Waals surface area (Å²) in [6.45, 7) is 4.37. The van der Waals surface area contributed by atoms with Crippen LogP contribution >= 0.6 is 11.8 Å². The highest BCUT2D eigenvalue weighted by molar-refractivity contribution is 7.99. The van der Waals surface area contributed by atoms with Crippen LogP contribution in [0.1, 0.15) is 27.7 Å². The van der Waals surface area contributed by atoms with Crippen LogP contribution < -0.4 is 0 Å². The summed E-state index contributed by atoms with van der Waals surface area (Å²) in [6, 6.07) is 18.8. The Morgan fingerprint density at radius 3 is 1.76 bits per heavy atom. The van der Waals surface area contributed by atoms with Crippen LogP contribution in [0.2, 0.25) is 0 Å². The van der Waals surface area contributed by atoms with E-state index in [1.54, 1.807) is 0 Å². The van der Waals surface area contributed by atoms with Gasteiger partial charge in [-0.3, -0.25) is 19.2 Å². The molecule has 3 aromatic rings. The molecule has 5 atom stereocenters. The standard InChI is InChI=1S/C29H29N3O9S/c1-16(33)37-15-22-25(38-17(2)34)26(39-18(3)35)27(40-19(4)36)28(41-22)42-29-30-23(20-11-7-5-8-12-20)24(31-32-29)21-13-9-6-10-14-21/h5-14,22,25-28H,15H2,1-4H3/t22-,25-,26+,27+,28+/m1/s1. The van der Waals surface area contributed by atoms with Gasteiger partial charge in [-0.25, -0.2) is 4.98 Å². The van der Waals surface area contributed by atoms with Crippen molar-refractivity contribution >= 4 is 35.6 Å². The first-order valence-corrected chi connectivity index (χ1v) is 13.8. The fraction of sp³-hybridized carbons (Fsp3) is 0.345. The van der Waals surface area contributed by atoms with Crippen LogP contribution in [0.4, 0.5) is 0 Å². The third kappa shape index (κ3) is 7.89. The maximum absolute atomic E-state index is 12.2. The lowest BCUT2D eigenvalue weighted by Crippen LogP contribution is -2.61. The maximum atomic E-state index is 12.2. The van der Waals surface area contributed by atoms with Gasteiger partial charge >= 0.3 is 23.9 Å². The van der Waals surface area contributed by atoms with Gasteiger partial charge in [0.1, 0.15) is 24.1 Å². The topological polar surface area (TPSA) is 153 Å². The number of benzene rings is 2. The zero-order valence-electron chi connectivity index (χ0n) is 23.3. The van der Waals surface area contributed by atoms with E-state index in [4.69, 9.17) is 28.7 Å².